The fourth-order valence-electron chi connectivity index (χ4n) is 2.34. The lowest BCUT2D eigenvalue weighted by molar-refractivity contribution is 0.0742. The van der Waals surface area contributed by atoms with Crippen molar-refractivity contribution in [3.05, 3.63) is 65.7 Å². The number of sulfonamides is 1. The molecule has 0 saturated carbocycles. The molecule has 2 aromatic rings. The molecule has 0 aromatic heterocycles. The van der Waals surface area contributed by atoms with Crippen molar-refractivity contribution in [2.45, 2.75) is 17.9 Å². The Balaban J connectivity index is 2.30. The predicted molar refractivity (Wildman–Crippen MR) is 94.3 cm³/mol. The van der Waals surface area contributed by atoms with Crippen LogP contribution < -0.4 is 0 Å². The lowest BCUT2D eigenvalue weighted by Crippen LogP contribution is -2.30. The Bertz CT molecular complexity index is 817. The molecule has 0 unspecified atom stereocenters. The average Bonchev–Trinajstić information content (AvgIpc) is 2.60. The number of amides is 1. The third-order valence-electron chi connectivity index (χ3n) is 4.04. The highest BCUT2D eigenvalue weighted by Crippen LogP contribution is 2.22. The predicted octanol–water partition coefficient (Wildman–Crippen LogP) is 2.77. The number of benzene rings is 2. The largest absolute Gasteiger partial charge is 0.335 e. The Morgan fingerprint density at radius 3 is 2.17 bits per heavy atom. The molecule has 0 N–H and O–H groups in total. The Hall–Kier alpha value is -2.18. The van der Waals surface area contributed by atoms with Gasteiger partial charge in [-0.15, -0.1) is 0 Å². The van der Waals surface area contributed by atoms with Crippen LogP contribution in [0.5, 0.6) is 0 Å². The number of hydrogen-bond donors (Lipinski definition) is 0. The van der Waals surface area contributed by atoms with E-state index in [1.54, 1.807) is 24.1 Å². The van der Waals surface area contributed by atoms with E-state index in [0.717, 1.165) is 9.87 Å². The van der Waals surface area contributed by atoms with E-state index in [1.165, 1.54) is 26.2 Å². The molecule has 6 heteroatoms. The molecule has 0 bridgehead atoms. The van der Waals surface area contributed by atoms with Gasteiger partial charge in [-0.05, 0) is 30.7 Å². The molecule has 2 rings (SSSR count). The molecule has 0 aliphatic heterocycles. The molecule has 0 saturated heterocycles. The van der Waals surface area contributed by atoms with Gasteiger partial charge < -0.3 is 4.90 Å². The molecule has 0 aliphatic carbocycles. The van der Waals surface area contributed by atoms with Crippen LogP contribution >= 0.6 is 0 Å². The Morgan fingerprint density at radius 1 is 0.958 bits per heavy atom. The van der Waals surface area contributed by atoms with E-state index >= 15 is 0 Å². The van der Waals surface area contributed by atoms with Gasteiger partial charge in [-0.2, -0.15) is 0 Å². The van der Waals surface area contributed by atoms with Crippen LogP contribution in [0.1, 0.15) is 28.9 Å². The van der Waals surface area contributed by atoms with Crippen molar-refractivity contribution in [2.75, 3.05) is 21.1 Å². The second kappa shape index (κ2) is 7.15. The SMILES string of the molecule is C[C@@H](c1ccccc1)N(C)C(=O)c1cccc(S(=O)(=O)N(C)C)c1. The lowest BCUT2D eigenvalue weighted by atomic mass is 10.1. The van der Waals surface area contributed by atoms with E-state index in [-0.39, 0.29) is 16.8 Å². The van der Waals surface area contributed by atoms with Gasteiger partial charge in [0.05, 0.1) is 10.9 Å². The van der Waals surface area contributed by atoms with Gasteiger partial charge >= 0.3 is 0 Å². The second-order valence-electron chi connectivity index (χ2n) is 5.82. The zero-order valence-electron chi connectivity index (χ0n) is 14.3. The summed E-state index contributed by atoms with van der Waals surface area (Å²) < 4.78 is 25.6. The number of nitrogens with zero attached hydrogens (tertiary/aromatic N) is 2. The average molecular weight is 346 g/mol. The van der Waals surface area contributed by atoms with Crippen molar-refractivity contribution in [1.29, 1.82) is 0 Å². The molecule has 2 aromatic carbocycles. The van der Waals surface area contributed by atoms with Crippen LogP contribution in [0.25, 0.3) is 0 Å². The van der Waals surface area contributed by atoms with Gasteiger partial charge in [-0.25, -0.2) is 12.7 Å². The summed E-state index contributed by atoms with van der Waals surface area (Å²) in [7, 11) is 1.08. The van der Waals surface area contributed by atoms with Gasteiger partial charge in [0, 0.05) is 26.7 Å². The van der Waals surface area contributed by atoms with Crippen LogP contribution in [0, 0.1) is 0 Å². The van der Waals surface area contributed by atoms with Crippen molar-refractivity contribution in [3.8, 4) is 0 Å². The minimum atomic E-state index is -3.57. The molecule has 0 spiro atoms. The van der Waals surface area contributed by atoms with Crippen LogP contribution in [0.15, 0.2) is 59.5 Å². The van der Waals surface area contributed by atoms with Crippen LogP contribution in [-0.2, 0) is 10.0 Å². The summed E-state index contributed by atoms with van der Waals surface area (Å²) in [5.74, 6) is -0.220. The van der Waals surface area contributed by atoms with Crippen molar-refractivity contribution in [1.82, 2.24) is 9.21 Å². The Kier molecular flexibility index (Phi) is 5.41. The van der Waals surface area contributed by atoms with E-state index in [9.17, 15) is 13.2 Å². The molecule has 0 aliphatic rings. The molecule has 1 amide bonds. The van der Waals surface area contributed by atoms with Crippen LogP contribution in [0.2, 0.25) is 0 Å². The maximum absolute atomic E-state index is 12.7. The molecule has 0 heterocycles. The minimum Gasteiger partial charge on any atom is -0.335 e. The molecule has 128 valence electrons. The standard InChI is InChI=1S/C18H22N2O3S/c1-14(15-9-6-5-7-10-15)20(4)18(21)16-11-8-12-17(13-16)24(22,23)19(2)3/h5-14H,1-4H3/t14-/m0/s1. The zero-order chi connectivity index (χ0) is 17.9. The van der Waals surface area contributed by atoms with Crippen LogP contribution in [0.4, 0.5) is 0 Å². The van der Waals surface area contributed by atoms with E-state index in [4.69, 9.17) is 0 Å². The summed E-state index contributed by atoms with van der Waals surface area (Å²) in [5, 5.41) is 0. The molecule has 24 heavy (non-hydrogen) atoms. The fourth-order valence-corrected chi connectivity index (χ4v) is 3.28. The number of rotatable bonds is 5. The monoisotopic (exact) mass is 346 g/mol. The Morgan fingerprint density at radius 2 is 1.58 bits per heavy atom. The highest BCUT2D eigenvalue weighted by atomic mass is 32.2. The van der Waals surface area contributed by atoms with Gasteiger partial charge in [-0.1, -0.05) is 36.4 Å². The molecule has 0 radical (unpaired) electrons. The van der Waals surface area contributed by atoms with Crippen molar-refractivity contribution in [3.63, 3.8) is 0 Å². The zero-order valence-corrected chi connectivity index (χ0v) is 15.1. The van der Waals surface area contributed by atoms with Gasteiger partial charge in [0.1, 0.15) is 0 Å². The Labute approximate surface area is 143 Å². The first-order valence-electron chi connectivity index (χ1n) is 7.60. The van der Waals surface area contributed by atoms with Gasteiger partial charge in [0.25, 0.3) is 5.91 Å². The lowest BCUT2D eigenvalue weighted by Gasteiger charge is -2.25. The first-order valence-corrected chi connectivity index (χ1v) is 9.04. The molecule has 0 fully saturated rings. The van der Waals surface area contributed by atoms with Crippen LogP contribution in [0.3, 0.4) is 0 Å². The van der Waals surface area contributed by atoms with Gasteiger partial charge in [0.2, 0.25) is 10.0 Å². The first-order chi connectivity index (χ1) is 11.2. The molecule has 1 atom stereocenters. The molecular weight excluding hydrogens is 324 g/mol. The summed E-state index contributed by atoms with van der Waals surface area (Å²) in [6.45, 7) is 1.94. The third-order valence-corrected chi connectivity index (χ3v) is 5.85. The highest BCUT2D eigenvalue weighted by molar-refractivity contribution is 7.89. The van der Waals surface area contributed by atoms with E-state index in [1.807, 2.05) is 37.3 Å². The minimum absolute atomic E-state index is 0.110. The first kappa shape index (κ1) is 18.2. The van der Waals surface area contributed by atoms with Gasteiger partial charge in [-0.3, -0.25) is 4.79 Å². The smallest absolute Gasteiger partial charge is 0.254 e. The summed E-state index contributed by atoms with van der Waals surface area (Å²) in [6, 6.07) is 15.7. The highest BCUT2D eigenvalue weighted by Gasteiger charge is 2.22. The summed E-state index contributed by atoms with van der Waals surface area (Å²) in [5.41, 5.74) is 1.37. The van der Waals surface area contributed by atoms with Crippen LogP contribution in [-0.4, -0.2) is 44.7 Å². The summed E-state index contributed by atoms with van der Waals surface area (Å²) in [6.07, 6.45) is 0. The quantitative estimate of drug-likeness (QED) is 0.836. The molecule has 5 nitrogen and oxygen atoms in total. The fraction of sp³-hybridized carbons (Fsp3) is 0.278. The maximum atomic E-state index is 12.7. The number of carbonyl (C=O) groups is 1. The topological polar surface area (TPSA) is 57.7 Å². The summed E-state index contributed by atoms with van der Waals surface area (Å²) in [4.78, 5) is 14.4. The van der Waals surface area contributed by atoms with Crippen molar-refractivity contribution in [2.24, 2.45) is 0 Å². The summed E-state index contributed by atoms with van der Waals surface area (Å²) >= 11 is 0. The van der Waals surface area contributed by atoms with Crippen molar-refractivity contribution < 1.29 is 13.2 Å². The number of carbonyl (C=O) groups excluding carboxylic acids is 1. The van der Waals surface area contributed by atoms with E-state index in [2.05, 4.69) is 0 Å². The third kappa shape index (κ3) is 3.66. The number of hydrogen-bond acceptors (Lipinski definition) is 3. The normalized spacial score (nSPS) is 12.9. The van der Waals surface area contributed by atoms with E-state index < -0.39 is 10.0 Å². The van der Waals surface area contributed by atoms with E-state index in [0.29, 0.717) is 5.56 Å². The second-order valence-corrected chi connectivity index (χ2v) is 7.97. The maximum Gasteiger partial charge on any atom is 0.254 e. The molecular formula is C18H22N2O3S. The van der Waals surface area contributed by atoms with Crippen molar-refractivity contribution >= 4 is 15.9 Å². The van der Waals surface area contributed by atoms with Gasteiger partial charge in [0.15, 0.2) is 0 Å².